The lowest BCUT2D eigenvalue weighted by Gasteiger charge is -2.34. The van der Waals surface area contributed by atoms with Crippen LogP contribution in [0.3, 0.4) is 0 Å². The number of esters is 1. The molecule has 4 heterocycles. The van der Waals surface area contributed by atoms with Crippen molar-refractivity contribution in [2.45, 2.75) is 104 Å². The van der Waals surface area contributed by atoms with E-state index in [1.807, 2.05) is 92.4 Å². The van der Waals surface area contributed by atoms with Gasteiger partial charge in [0.05, 0.1) is 37.3 Å². The van der Waals surface area contributed by atoms with Gasteiger partial charge in [-0.25, -0.2) is 14.4 Å². The van der Waals surface area contributed by atoms with Crippen molar-refractivity contribution in [1.29, 1.82) is 0 Å². The van der Waals surface area contributed by atoms with Gasteiger partial charge in [0, 0.05) is 56.8 Å². The fourth-order valence-electron chi connectivity index (χ4n) is 10.8. The van der Waals surface area contributed by atoms with Crippen molar-refractivity contribution in [3.63, 3.8) is 0 Å². The van der Waals surface area contributed by atoms with Gasteiger partial charge in [-0.05, 0) is 152 Å². The van der Waals surface area contributed by atoms with Crippen molar-refractivity contribution in [3.8, 4) is 28.0 Å². The van der Waals surface area contributed by atoms with Gasteiger partial charge in [-0.2, -0.15) is 4.98 Å². The first kappa shape index (κ1) is 54.6. The predicted molar refractivity (Wildman–Crippen MR) is 299 cm³/mol. The van der Waals surface area contributed by atoms with Gasteiger partial charge in [0.1, 0.15) is 5.75 Å². The highest BCUT2D eigenvalue weighted by molar-refractivity contribution is 5.91. The van der Waals surface area contributed by atoms with Crippen LogP contribution in [0.4, 0.5) is 15.5 Å². The van der Waals surface area contributed by atoms with E-state index in [9.17, 15) is 24.0 Å². The number of rotatable bonds is 13. The third kappa shape index (κ3) is 12.5. The van der Waals surface area contributed by atoms with Crippen molar-refractivity contribution in [2.75, 3.05) is 32.6 Å². The molecule has 18 nitrogen and oxygen atoms in total. The number of urea groups is 2. The quantitative estimate of drug-likeness (QED) is 0.0793. The molecule has 18 heteroatoms. The largest absolute Gasteiger partial charge is 0.497 e. The molecule has 4 aliphatic rings. The third-order valence-corrected chi connectivity index (χ3v) is 15.2. The van der Waals surface area contributed by atoms with Gasteiger partial charge in [-0.3, -0.25) is 14.9 Å². The molecule has 6 amide bonds. The van der Waals surface area contributed by atoms with Crippen LogP contribution in [-0.2, 0) is 53.3 Å². The molecule has 2 fully saturated rings. The average Bonchev–Trinajstić information content (AvgIpc) is 4.41. The number of benzene rings is 5. The number of aryl methyl sites for hydroxylation is 2. The second-order valence-corrected chi connectivity index (χ2v) is 22.0. The fraction of sp³-hybridized carbons (Fsp3) is 0.355. The van der Waals surface area contributed by atoms with Gasteiger partial charge in [0.15, 0.2) is 5.82 Å². The Labute approximate surface area is 465 Å². The van der Waals surface area contributed by atoms with Gasteiger partial charge >= 0.3 is 18.0 Å². The summed E-state index contributed by atoms with van der Waals surface area (Å²) >= 11 is 0. The number of ether oxygens (including phenoxy) is 2. The van der Waals surface area contributed by atoms with Crippen molar-refractivity contribution in [2.24, 2.45) is 11.8 Å². The normalized spacial score (nSPS) is 17.8. The molecule has 5 aromatic carbocycles. The molecule has 2 saturated carbocycles. The Morgan fingerprint density at radius 3 is 1.82 bits per heavy atom. The predicted octanol–water partition coefficient (Wildman–Crippen LogP) is 9.79. The highest BCUT2D eigenvalue weighted by Gasteiger charge is 2.48. The lowest BCUT2D eigenvalue weighted by atomic mass is 9.87. The average molecular weight is 1080 g/mol. The Hall–Kier alpha value is -8.80. The smallest absolute Gasteiger partial charge is 0.337 e. The molecule has 0 saturated heterocycles. The van der Waals surface area contributed by atoms with Crippen molar-refractivity contribution in [1.82, 2.24) is 41.0 Å². The highest BCUT2D eigenvalue weighted by Crippen LogP contribution is 2.48. The minimum absolute atomic E-state index is 0.00178. The maximum absolute atomic E-state index is 13.1. The minimum atomic E-state index is -0.394. The van der Waals surface area contributed by atoms with Crippen LogP contribution in [0, 0.1) is 25.7 Å². The second-order valence-electron chi connectivity index (χ2n) is 22.0. The number of amides is 6. The Bertz CT molecular complexity index is 3460. The molecule has 4 atom stereocenters. The highest BCUT2D eigenvalue weighted by atomic mass is 16.5. The van der Waals surface area contributed by atoms with Crippen LogP contribution in [0.2, 0.25) is 0 Å². The Balaban J connectivity index is 0.000000180. The topological polar surface area (TPSA) is 223 Å². The summed E-state index contributed by atoms with van der Waals surface area (Å²) in [7, 11) is 3.03. The summed E-state index contributed by atoms with van der Waals surface area (Å²) in [6, 6.07) is 35.1. The van der Waals surface area contributed by atoms with Gasteiger partial charge in [0.2, 0.25) is 23.6 Å². The van der Waals surface area contributed by atoms with Gasteiger partial charge in [0.25, 0.3) is 0 Å². The number of aromatic nitrogens is 3. The summed E-state index contributed by atoms with van der Waals surface area (Å²) in [5.41, 5.74) is 12.4. The van der Waals surface area contributed by atoms with E-state index in [1.165, 1.54) is 18.2 Å². The van der Waals surface area contributed by atoms with Crippen LogP contribution >= 0.6 is 0 Å². The molecule has 0 radical (unpaired) electrons. The number of nitrogens with zero attached hydrogens (tertiary/aromatic N) is 5. The van der Waals surface area contributed by atoms with Crippen LogP contribution < -0.4 is 26.0 Å². The standard InChI is InChI=1S/C32H32N4O4.C30H35N5O5/c1-20-15-30(40-35-20)34-32(38)36-14-13-26-25(22-9-6-10-24(16-22)39-2)12-11-23(29(26)19-36)18-33-31(37)28-17-27(28)21-7-4-3-5-8-21;1-17-32-27(40-34-17)24-14-23(24)26(36)31-15-20-9-10-21(18-7-6-8-19(13-18)28(37)39-5)22-11-12-35(16-25(20)22)29(38)33-30(2,3)4/h3-12,15-16,27-28H,13-14,17-19H2,1-2H3,(H,33,37)(H,34,38);6-10,13,23-24H,11-12,14-16H2,1-5H3,(H,31,36)(H,33,38)/t27-,28+;/m0./s1. The number of carbonyl (C=O) groups excluding carboxylic acids is 5. The Kier molecular flexibility index (Phi) is 15.9. The zero-order chi connectivity index (χ0) is 56.2. The zero-order valence-corrected chi connectivity index (χ0v) is 46.2. The van der Waals surface area contributed by atoms with Crippen molar-refractivity contribution in [3.05, 3.63) is 171 Å². The number of nitrogens with one attached hydrogen (secondary N) is 4. The molecule has 2 aromatic heterocycles. The summed E-state index contributed by atoms with van der Waals surface area (Å²) in [5, 5.41) is 19.8. The third-order valence-electron chi connectivity index (χ3n) is 15.2. The Morgan fingerprint density at radius 1 is 0.650 bits per heavy atom. The molecule has 80 heavy (non-hydrogen) atoms. The summed E-state index contributed by atoms with van der Waals surface area (Å²) < 4.78 is 20.8. The van der Waals surface area contributed by atoms with E-state index in [-0.39, 0.29) is 53.1 Å². The first-order chi connectivity index (χ1) is 38.5. The minimum Gasteiger partial charge on any atom is -0.497 e. The van der Waals surface area contributed by atoms with Gasteiger partial charge in [-0.15, -0.1) is 0 Å². The molecular weight excluding hydrogens is 1010 g/mol. The fourth-order valence-corrected chi connectivity index (χ4v) is 10.8. The Morgan fingerprint density at radius 2 is 1.25 bits per heavy atom. The molecule has 414 valence electrons. The number of fused-ring (bicyclic) bond motifs is 2. The molecular formula is C62H67N9O9. The number of methoxy groups -OCH3 is 2. The molecule has 4 N–H and O–H groups in total. The number of hydrogen-bond donors (Lipinski definition) is 4. The van der Waals surface area contributed by atoms with E-state index in [0.29, 0.717) is 87.4 Å². The number of anilines is 1. The van der Waals surface area contributed by atoms with Crippen LogP contribution in [0.25, 0.3) is 22.3 Å². The molecule has 0 spiro atoms. The lowest BCUT2D eigenvalue weighted by molar-refractivity contribution is -0.123. The first-order valence-electron chi connectivity index (χ1n) is 27.1. The van der Waals surface area contributed by atoms with E-state index < -0.39 is 5.97 Å². The van der Waals surface area contributed by atoms with E-state index in [1.54, 1.807) is 38.0 Å². The van der Waals surface area contributed by atoms with E-state index in [2.05, 4.69) is 66.9 Å². The van der Waals surface area contributed by atoms with Crippen molar-refractivity contribution < 1.29 is 42.5 Å². The van der Waals surface area contributed by atoms with E-state index >= 15 is 0 Å². The molecule has 7 aromatic rings. The SMILES string of the molecule is COC(=O)c1cccc(-c2ccc(CNC(=O)C3CC3c3nc(C)no3)c3c2CCN(C(=O)NC(C)(C)C)C3)c1.COc1cccc(-c2ccc(CNC(=O)[C@@H]3C[C@H]3c3ccccc3)c3c2CCN(C(=O)Nc2cc(C)no2)C3)c1. The van der Waals surface area contributed by atoms with Crippen LogP contribution in [-0.4, -0.2) is 87.8 Å². The van der Waals surface area contributed by atoms with Crippen LogP contribution in [0.5, 0.6) is 5.75 Å². The molecule has 2 unspecified atom stereocenters. The molecule has 2 aliphatic carbocycles. The lowest BCUT2D eigenvalue weighted by Crippen LogP contribution is -2.50. The van der Waals surface area contributed by atoms with Crippen LogP contribution in [0.15, 0.2) is 118 Å². The summed E-state index contributed by atoms with van der Waals surface area (Å²) in [4.78, 5) is 72.2. The summed E-state index contributed by atoms with van der Waals surface area (Å²) in [6.07, 6.45) is 2.89. The molecule has 11 rings (SSSR count). The zero-order valence-electron chi connectivity index (χ0n) is 46.2. The number of carbonyl (C=O) groups is 5. The summed E-state index contributed by atoms with van der Waals surface area (Å²) in [5.74, 6) is 1.86. The summed E-state index contributed by atoms with van der Waals surface area (Å²) in [6.45, 7) is 12.1. The van der Waals surface area contributed by atoms with Gasteiger partial charge < -0.3 is 44.3 Å². The van der Waals surface area contributed by atoms with E-state index in [4.69, 9.17) is 18.5 Å². The van der Waals surface area contributed by atoms with Crippen LogP contribution in [0.1, 0.15) is 112 Å². The van der Waals surface area contributed by atoms with Crippen molar-refractivity contribution >= 4 is 35.7 Å². The van der Waals surface area contributed by atoms with Gasteiger partial charge in [-0.1, -0.05) is 89.2 Å². The maximum Gasteiger partial charge on any atom is 0.337 e. The second kappa shape index (κ2) is 23.3. The monoisotopic (exact) mass is 1080 g/mol. The van der Waals surface area contributed by atoms with E-state index in [0.717, 1.165) is 62.2 Å². The molecule has 2 aliphatic heterocycles. The first-order valence-corrected chi connectivity index (χ1v) is 27.1. The maximum atomic E-state index is 13.1. The number of hydrogen-bond acceptors (Lipinski definition) is 12. The molecule has 0 bridgehead atoms.